The molecule has 0 unspecified atom stereocenters. The molecule has 0 spiro atoms. The molecule has 4 heteroatoms. The maximum atomic E-state index is 5.78. The minimum absolute atomic E-state index is 0.424. The van der Waals surface area contributed by atoms with E-state index in [4.69, 9.17) is 17.3 Å². The molecule has 2 aromatic rings. The quantitative estimate of drug-likeness (QED) is 0.808. The largest absolute Gasteiger partial charge is 0.382 e. The first-order chi connectivity index (χ1) is 7.75. The average molecular weight is 232 g/mol. The highest BCUT2D eigenvalue weighted by Crippen LogP contribution is 2.17. The van der Waals surface area contributed by atoms with E-state index in [1.54, 1.807) is 18.5 Å². The number of benzene rings is 1. The monoisotopic (exact) mass is 231 g/mol. The van der Waals surface area contributed by atoms with Gasteiger partial charge < -0.3 is 5.73 Å². The Hall–Kier alpha value is -1.87. The molecule has 80 valence electrons. The van der Waals surface area contributed by atoms with E-state index in [9.17, 15) is 0 Å². The number of hydrogen-bond donors (Lipinski definition) is 1. The lowest BCUT2D eigenvalue weighted by molar-refractivity contribution is 1.32. The number of rotatable bonds is 2. The Morgan fingerprint density at radius 2 is 1.94 bits per heavy atom. The Morgan fingerprint density at radius 3 is 2.62 bits per heavy atom. The summed E-state index contributed by atoms with van der Waals surface area (Å²) in [4.78, 5) is 8.20. The third-order valence-electron chi connectivity index (χ3n) is 2.04. The molecule has 3 nitrogen and oxygen atoms in total. The molecular weight excluding hydrogens is 222 g/mol. The summed E-state index contributed by atoms with van der Waals surface area (Å²) in [5.41, 5.74) is 7.29. The van der Waals surface area contributed by atoms with Crippen LogP contribution in [0.3, 0.4) is 0 Å². The molecule has 0 amide bonds. The summed E-state index contributed by atoms with van der Waals surface area (Å²) >= 11 is 5.78. The van der Waals surface area contributed by atoms with Gasteiger partial charge >= 0.3 is 0 Å². The lowest BCUT2D eigenvalue weighted by atomic mass is 10.2. The summed E-state index contributed by atoms with van der Waals surface area (Å²) < 4.78 is 0. The number of nitrogen functional groups attached to an aromatic ring is 1. The highest BCUT2D eigenvalue weighted by atomic mass is 35.5. The van der Waals surface area contributed by atoms with Crippen molar-refractivity contribution in [1.82, 2.24) is 4.98 Å². The van der Waals surface area contributed by atoms with Crippen molar-refractivity contribution in [3.8, 4) is 0 Å². The van der Waals surface area contributed by atoms with Gasteiger partial charge in [0.15, 0.2) is 0 Å². The fourth-order valence-electron chi connectivity index (χ4n) is 1.21. The Labute approximate surface area is 98.6 Å². The zero-order chi connectivity index (χ0) is 11.4. The zero-order valence-electron chi connectivity index (χ0n) is 8.47. The van der Waals surface area contributed by atoms with Crippen LogP contribution in [0.25, 0.3) is 0 Å². The van der Waals surface area contributed by atoms with Gasteiger partial charge in [-0.3, -0.25) is 4.99 Å². The van der Waals surface area contributed by atoms with Crippen LogP contribution in [0.15, 0.2) is 47.6 Å². The molecule has 0 atom stereocenters. The average Bonchev–Trinajstić information content (AvgIpc) is 2.30. The number of aromatic nitrogens is 1. The number of aliphatic imine (C=N–C) groups is 1. The van der Waals surface area contributed by atoms with Gasteiger partial charge in [0.05, 0.1) is 0 Å². The standard InChI is InChI=1S/C12H10ClN3/c13-10-5-3-9(4-6-10)8-16-11-2-1-7-15-12(11)14/h1-8H,(H2,14,15). The van der Waals surface area contributed by atoms with Gasteiger partial charge in [-0.05, 0) is 29.8 Å². The molecule has 1 heterocycles. The van der Waals surface area contributed by atoms with Gasteiger partial charge in [0.25, 0.3) is 0 Å². The molecule has 2 rings (SSSR count). The van der Waals surface area contributed by atoms with Gasteiger partial charge in [0.2, 0.25) is 0 Å². The van der Waals surface area contributed by atoms with Crippen LogP contribution in [0, 0.1) is 0 Å². The van der Waals surface area contributed by atoms with E-state index in [-0.39, 0.29) is 0 Å². The number of nitrogens with two attached hydrogens (primary N) is 1. The highest BCUT2D eigenvalue weighted by Gasteiger charge is 1.94. The van der Waals surface area contributed by atoms with Gasteiger partial charge in [0.1, 0.15) is 11.5 Å². The fourth-order valence-corrected chi connectivity index (χ4v) is 1.34. The number of halogens is 1. The fraction of sp³-hybridized carbons (Fsp3) is 0. The Balaban J connectivity index is 2.21. The van der Waals surface area contributed by atoms with Gasteiger partial charge in [-0.2, -0.15) is 0 Å². The van der Waals surface area contributed by atoms with Crippen LogP contribution in [-0.4, -0.2) is 11.2 Å². The second-order valence-corrected chi connectivity index (χ2v) is 3.65. The highest BCUT2D eigenvalue weighted by molar-refractivity contribution is 6.30. The number of hydrogen-bond acceptors (Lipinski definition) is 3. The molecular formula is C12H10ClN3. The van der Waals surface area contributed by atoms with Crippen molar-refractivity contribution in [2.24, 2.45) is 4.99 Å². The minimum atomic E-state index is 0.424. The third kappa shape index (κ3) is 2.58. The van der Waals surface area contributed by atoms with E-state index in [1.807, 2.05) is 30.3 Å². The summed E-state index contributed by atoms with van der Waals surface area (Å²) in [5.74, 6) is 0.424. The maximum absolute atomic E-state index is 5.78. The predicted octanol–water partition coefficient (Wildman–Crippen LogP) is 3.07. The van der Waals surface area contributed by atoms with Gasteiger partial charge in [-0.25, -0.2) is 4.98 Å². The van der Waals surface area contributed by atoms with E-state index in [2.05, 4.69) is 9.98 Å². The van der Waals surface area contributed by atoms with E-state index < -0.39 is 0 Å². The van der Waals surface area contributed by atoms with Crippen molar-refractivity contribution in [2.45, 2.75) is 0 Å². The second-order valence-electron chi connectivity index (χ2n) is 3.22. The summed E-state index contributed by atoms with van der Waals surface area (Å²) in [5, 5.41) is 0.707. The molecule has 0 aliphatic heterocycles. The van der Waals surface area contributed by atoms with Crippen molar-refractivity contribution in [3.63, 3.8) is 0 Å². The van der Waals surface area contributed by atoms with Crippen molar-refractivity contribution >= 4 is 29.3 Å². The molecule has 16 heavy (non-hydrogen) atoms. The van der Waals surface area contributed by atoms with Gasteiger partial charge in [-0.1, -0.05) is 23.7 Å². The van der Waals surface area contributed by atoms with Crippen LogP contribution in [-0.2, 0) is 0 Å². The molecule has 1 aromatic heterocycles. The van der Waals surface area contributed by atoms with Crippen LogP contribution >= 0.6 is 11.6 Å². The lowest BCUT2D eigenvalue weighted by Crippen LogP contribution is -1.89. The summed E-state index contributed by atoms with van der Waals surface area (Å²) in [7, 11) is 0. The van der Waals surface area contributed by atoms with Crippen LogP contribution in [0.1, 0.15) is 5.56 Å². The Bertz CT molecular complexity index is 506. The normalized spacial score (nSPS) is 10.8. The molecule has 0 aliphatic carbocycles. The summed E-state index contributed by atoms with van der Waals surface area (Å²) in [6.07, 6.45) is 3.36. The first-order valence-electron chi connectivity index (χ1n) is 4.76. The van der Waals surface area contributed by atoms with Crippen molar-refractivity contribution < 1.29 is 0 Å². The molecule has 0 saturated heterocycles. The predicted molar refractivity (Wildman–Crippen MR) is 67.4 cm³/mol. The summed E-state index contributed by atoms with van der Waals surface area (Å²) in [6, 6.07) is 11.0. The number of nitrogens with zero attached hydrogens (tertiary/aromatic N) is 2. The molecule has 0 aliphatic rings. The molecule has 0 bridgehead atoms. The number of pyridine rings is 1. The van der Waals surface area contributed by atoms with Gasteiger partial charge in [-0.15, -0.1) is 0 Å². The van der Waals surface area contributed by atoms with E-state index in [0.717, 1.165) is 5.56 Å². The van der Waals surface area contributed by atoms with Crippen LogP contribution in [0.4, 0.5) is 11.5 Å². The zero-order valence-corrected chi connectivity index (χ0v) is 9.22. The van der Waals surface area contributed by atoms with E-state index in [0.29, 0.717) is 16.5 Å². The molecule has 2 N–H and O–H groups in total. The van der Waals surface area contributed by atoms with Crippen molar-refractivity contribution in [2.75, 3.05) is 5.73 Å². The Kier molecular flexibility index (Phi) is 3.17. The van der Waals surface area contributed by atoms with Crippen molar-refractivity contribution in [1.29, 1.82) is 0 Å². The topological polar surface area (TPSA) is 51.3 Å². The first-order valence-corrected chi connectivity index (χ1v) is 5.13. The van der Waals surface area contributed by atoms with E-state index >= 15 is 0 Å². The van der Waals surface area contributed by atoms with Crippen LogP contribution in [0.5, 0.6) is 0 Å². The maximum Gasteiger partial charge on any atom is 0.149 e. The van der Waals surface area contributed by atoms with E-state index in [1.165, 1.54) is 0 Å². The van der Waals surface area contributed by atoms with Crippen LogP contribution < -0.4 is 5.73 Å². The number of anilines is 1. The molecule has 1 aromatic carbocycles. The van der Waals surface area contributed by atoms with Crippen LogP contribution in [0.2, 0.25) is 5.02 Å². The second kappa shape index (κ2) is 4.77. The summed E-state index contributed by atoms with van der Waals surface area (Å²) in [6.45, 7) is 0. The SMILES string of the molecule is Nc1ncccc1N=Cc1ccc(Cl)cc1. The third-order valence-corrected chi connectivity index (χ3v) is 2.29. The lowest BCUT2D eigenvalue weighted by Gasteiger charge is -1.97. The molecule has 0 radical (unpaired) electrons. The van der Waals surface area contributed by atoms with Crippen molar-refractivity contribution in [3.05, 3.63) is 53.2 Å². The van der Waals surface area contributed by atoms with Gasteiger partial charge in [0, 0.05) is 17.4 Å². The first kappa shape index (κ1) is 10.6. The Morgan fingerprint density at radius 1 is 1.19 bits per heavy atom. The molecule has 0 fully saturated rings. The minimum Gasteiger partial charge on any atom is -0.382 e. The molecule has 0 saturated carbocycles. The smallest absolute Gasteiger partial charge is 0.149 e.